The van der Waals surface area contributed by atoms with Gasteiger partial charge in [0, 0.05) is 12.0 Å². The third-order valence-corrected chi connectivity index (χ3v) is 3.32. The van der Waals surface area contributed by atoms with Crippen molar-refractivity contribution in [3.8, 4) is 0 Å². The van der Waals surface area contributed by atoms with E-state index in [2.05, 4.69) is 0 Å². The first-order valence-corrected chi connectivity index (χ1v) is 6.76. The smallest absolute Gasteiger partial charge is 0.207 e. The molecule has 0 unspecified atom stereocenters. The second-order valence-corrected chi connectivity index (χ2v) is 4.90. The van der Waals surface area contributed by atoms with Crippen molar-refractivity contribution in [1.29, 1.82) is 0 Å². The molecule has 3 heteroatoms. The fraction of sp³-hybridized carbons (Fsp3) is 0.294. The van der Waals surface area contributed by atoms with Crippen molar-refractivity contribution in [3.05, 3.63) is 71.5 Å². The Balaban J connectivity index is 1.82. The predicted molar refractivity (Wildman–Crippen MR) is 74.3 cm³/mol. The Morgan fingerprint density at radius 1 is 0.800 bits per heavy atom. The first-order valence-electron chi connectivity index (χ1n) is 6.76. The average molecular weight is 278 g/mol. The zero-order valence-corrected chi connectivity index (χ0v) is 11.2. The van der Waals surface area contributed by atoms with E-state index in [9.17, 15) is 13.2 Å². The molecule has 0 bridgehead atoms. The Morgan fingerprint density at radius 2 is 1.45 bits per heavy atom. The lowest BCUT2D eigenvalue weighted by Gasteiger charge is -2.16. The van der Waals surface area contributed by atoms with Crippen LogP contribution in [0, 0.1) is 5.82 Å². The summed E-state index contributed by atoms with van der Waals surface area (Å²) in [4.78, 5) is 0. The minimum Gasteiger partial charge on any atom is -0.207 e. The Bertz CT molecular complexity index is 518. The van der Waals surface area contributed by atoms with Crippen LogP contribution >= 0.6 is 0 Å². The average Bonchev–Trinajstić information content (AvgIpc) is 2.45. The normalized spacial score (nSPS) is 11.6. The summed E-state index contributed by atoms with van der Waals surface area (Å²) in [5.41, 5.74) is 1.05. The van der Waals surface area contributed by atoms with Gasteiger partial charge in [-0.15, -0.1) is 0 Å². The van der Waals surface area contributed by atoms with Crippen molar-refractivity contribution in [2.24, 2.45) is 0 Å². The monoisotopic (exact) mass is 278 g/mol. The standard InChI is InChI=1S/C17H17F3/c18-16-11-9-15(10-12-16)17(19,20)13-5-4-8-14-6-2-1-3-7-14/h1-3,6-7,9-12H,4-5,8,13H2. The lowest BCUT2D eigenvalue weighted by molar-refractivity contribution is -0.0157. The van der Waals surface area contributed by atoms with Crippen molar-refractivity contribution in [2.75, 3.05) is 0 Å². The number of aryl methyl sites for hydroxylation is 1. The summed E-state index contributed by atoms with van der Waals surface area (Å²) in [5, 5.41) is 0. The molecule has 2 aromatic carbocycles. The Labute approximate surface area is 117 Å². The van der Waals surface area contributed by atoms with Crippen LogP contribution in [-0.4, -0.2) is 0 Å². The van der Waals surface area contributed by atoms with Crippen molar-refractivity contribution in [3.63, 3.8) is 0 Å². The maximum Gasteiger partial charge on any atom is 0.273 e. The van der Waals surface area contributed by atoms with Gasteiger partial charge in [0.25, 0.3) is 5.92 Å². The highest BCUT2D eigenvalue weighted by atomic mass is 19.3. The van der Waals surface area contributed by atoms with Gasteiger partial charge in [-0.1, -0.05) is 42.5 Å². The van der Waals surface area contributed by atoms with Gasteiger partial charge in [0.15, 0.2) is 0 Å². The van der Waals surface area contributed by atoms with Gasteiger partial charge in [0.1, 0.15) is 5.82 Å². The van der Waals surface area contributed by atoms with E-state index in [0.29, 0.717) is 6.42 Å². The molecule has 2 rings (SSSR count). The molecular formula is C17H17F3. The van der Waals surface area contributed by atoms with E-state index in [0.717, 1.165) is 42.7 Å². The van der Waals surface area contributed by atoms with E-state index in [4.69, 9.17) is 0 Å². The van der Waals surface area contributed by atoms with E-state index in [1.807, 2.05) is 30.3 Å². The zero-order chi connectivity index (χ0) is 14.4. The molecular weight excluding hydrogens is 261 g/mol. The lowest BCUT2D eigenvalue weighted by atomic mass is 10.0. The van der Waals surface area contributed by atoms with Gasteiger partial charge in [0.2, 0.25) is 0 Å². The molecule has 0 saturated carbocycles. The van der Waals surface area contributed by atoms with Crippen LogP contribution < -0.4 is 0 Å². The second-order valence-electron chi connectivity index (χ2n) is 4.90. The Kier molecular flexibility index (Phi) is 4.83. The van der Waals surface area contributed by atoms with Gasteiger partial charge >= 0.3 is 0 Å². The molecule has 0 heterocycles. The molecule has 0 aliphatic rings. The molecule has 0 nitrogen and oxygen atoms in total. The van der Waals surface area contributed by atoms with Gasteiger partial charge in [-0.2, -0.15) is 0 Å². The van der Waals surface area contributed by atoms with Gasteiger partial charge in [-0.25, -0.2) is 13.2 Å². The van der Waals surface area contributed by atoms with Gasteiger partial charge in [0.05, 0.1) is 0 Å². The third-order valence-electron chi connectivity index (χ3n) is 3.32. The molecule has 20 heavy (non-hydrogen) atoms. The lowest BCUT2D eigenvalue weighted by Crippen LogP contribution is -2.13. The molecule has 0 aliphatic heterocycles. The Morgan fingerprint density at radius 3 is 2.10 bits per heavy atom. The van der Waals surface area contributed by atoms with Crippen LogP contribution in [0.15, 0.2) is 54.6 Å². The molecule has 0 amide bonds. The van der Waals surface area contributed by atoms with E-state index < -0.39 is 11.7 Å². The topological polar surface area (TPSA) is 0 Å². The van der Waals surface area contributed by atoms with Gasteiger partial charge in [-0.05, 0) is 37.0 Å². The largest absolute Gasteiger partial charge is 0.273 e. The SMILES string of the molecule is Fc1ccc(C(F)(F)CCCCc2ccccc2)cc1. The molecule has 0 saturated heterocycles. The molecule has 0 atom stereocenters. The van der Waals surface area contributed by atoms with Crippen molar-refractivity contribution < 1.29 is 13.2 Å². The van der Waals surface area contributed by atoms with E-state index in [1.165, 1.54) is 0 Å². The summed E-state index contributed by atoms with van der Waals surface area (Å²) in [7, 11) is 0. The van der Waals surface area contributed by atoms with Crippen LogP contribution in [0.5, 0.6) is 0 Å². The molecule has 0 aromatic heterocycles. The van der Waals surface area contributed by atoms with Crippen LogP contribution in [0.25, 0.3) is 0 Å². The molecule has 0 N–H and O–H groups in total. The summed E-state index contributed by atoms with van der Waals surface area (Å²) in [6, 6.07) is 14.3. The number of hydrogen-bond acceptors (Lipinski definition) is 0. The zero-order valence-electron chi connectivity index (χ0n) is 11.2. The molecule has 0 spiro atoms. The number of benzene rings is 2. The summed E-state index contributed by atoms with van der Waals surface area (Å²) in [6.45, 7) is 0. The maximum absolute atomic E-state index is 13.9. The van der Waals surface area contributed by atoms with Crippen LogP contribution in [0.4, 0.5) is 13.2 Å². The highest BCUT2D eigenvalue weighted by Crippen LogP contribution is 2.33. The Hall–Kier alpha value is -1.77. The van der Waals surface area contributed by atoms with Gasteiger partial charge in [-0.3, -0.25) is 0 Å². The predicted octanol–water partition coefficient (Wildman–Crippen LogP) is 5.33. The maximum atomic E-state index is 13.9. The quantitative estimate of drug-likeness (QED) is 0.626. The summed E-state index contributed by atoms with van der Waals surface area (Å²) in [6.07, 6.45) is 1.77. The fourth-order valence-corrected chi connectivity index (χ4v) is 2.16. The highest BCUT2D eigenvalue weighted by molar-refractivity contribution is 5.21. The second kappa shape index (κ2) is 6.60. The van der Waals surface area contributed by atoms with Crippen LogP contribution in [0.2, 0.25) is 0 Å². The number of hydrogen-bond donors (Lipinski definition) is 0. The first-order chi connectivity index (χ1) is 9.58. The van der Waals surface area contributed by atoms with Crippen molar-refractivity contribution in [2.45, 2.75) is 31.6 Å². The molecule has 106 valence electrons. The summed E-state index contributed by atoms with van der Waals surface area (Å²) >= 11 is 0. The number of unbranched alkanes of at least 4 members (excludes halogenated alkanes) is 1. The first kappa shape index (κ1) is 14.6. The summed E-state index contributed by atoms with van der Waals surface area (Å²) in [5.74, 6) is -3.38. The minimum absolute atomic E-state index is 0.112. The van der Waals surface area contributed by atoms with Crippen molar-refractivity contribution in [1.82, 2.24) is 0 Å². The molecule has 0 radical (unpaired) electrons. The number of halogens is 3. The molecule has 2 aromatic rings. The minimum atomic E-state index is -2.88. The van der Waals surface area contributed by atoms with Crippen LogP contribution in [0.3, 0.4) is 0 Å². The van der Waals surface area contributed by atoms with Crippen LogP contribution in [0.1, 0.15) is 30.4 Å². The summed E-state index contributed by atoms with van der Waals surface area (Å²) < 4.78 is 40.5. The van der Waals surface area contributed by atoms with E-state index in [1.54, 1.807) is 0 Å². The van der Waals surface area contributed by atoms with E-state index in [-0.39, 0.29) is 12.0 Å². The van der Waals surface area contributed by atoms with E-state index >= 15 is 0 Å². The van der Waals surface area contributed by atoms with Gasteiger partial charge < -0.3 is 0 Å². The number of alkyl halides is 2. The fourth-order valence-electron chi connectivity index (χ4n) is 2.16. The van der Waals surface area contributed by atoms with Crippen LogP contribution in [-0.2, 0) is 12.3 Å². The molecule has 0 aliphatic carbocycles. The van der Waals surface area contributed by atoms with Crippen molar-refractivity contribution >= 4 is 0 Å². The third kappa shape index (κ3) is 4.12. The molecule has 0 fully saturated rings. The highest BCUT2D eigenvalue weighted by Gasteiger charge is 2.30. The number of rotatable bonds is 6.